The molecule has 3 aromatic rings. The first kappa shape index (κ1) is 23.7. The maximum atomic E-state index is 12.7. The first-order valence-corrected chi connectivity index (χ1v) is 11.2. The molecule has 2 atom stereocenters. The van der Waals surface area contributed by atoms with E-state index in [-0.39, 0.29) is 17.7 Å². The number of likely N-dealkylation sites (tertiary alicyclic amines) is 1. The molecule has 1 saturated heterocycles. The van der Waals surface area contributed by atoms with E-state index in [1.54, 1.807) is 32.2 Å². The van der Waals surface area contributed by atoms with Gasteiger partial charge < -0.3 is 19.0 Å². The number of fused-ring (bicyclic) bond motifs is 1. The van der Waals surface area contributed by atoms with E-state index in [0.717, 1.165) is 18.4 Å². The van der Waals surface area contributed by atoms with Crippen molar-refractivity contribution in [1.29, 1.82) is 0 Å². The van der Waals surface area contributed by atoms with Crippen molar-refractivity contribution >= 4 is 16.9 Å². The highest BCUT2D eigenvalue weighted by atomic mass is 16.5. The molecule has 180 valence electrons. The molecule has 2 heterocycles. The summed E-state index contributed by atoms with van der Waals surface area (Å²) in [6.07, 6.45) is 1.61. The number of aromatic nitrogens is 1. The Morgan fingerprint density at radius 2 is 2.00 bits per heavy atom. The van der Waals surface area contributed by atoms with E-state index in [4.69, 9.17) is 13.9 Å². The van der Waals surface area contributed by atoms with Gasteiger partial charge in [-0.15, -0.1) is 0 Å². The predicted octanol–water partition coefficient (Wildman–Crippen LogP) is 3.24. The molecule has 0 unspecified atom stereocenters. The molecule has 0 saturated carbocycles. The number of aryl methyl sites for hydroxylation is 1. The molecule has 0 spiro atoms. The van der Waals surface area contributed by atoms with Gasteiger partial charge >= 0.3 is 17.4 Å². The minimum atomic E-state index is -0.976. The molecule has 1 aromatic heterocycles. The highest BCUT2D eigenvalue weighted by Gasteiger charge is 2.32. The van der Waals surface area contributed by atoms with Gasteiger partial charge in [0.2, 0.25) is 0 Å². The number of carbonyl (C=O) groups is 1. The van der Waals surface area contributed by atoms with Crippen molar-refractivity contribution in [2.45, 2.75) is 45.4 Å². The summed E-state index contributed by atoms with van der Waals surface area (Å²) in [5.41, 5.74) is 2.25. The van der Waals surface area contributed by atoms with Gasteiger partial charge in [0.1, 0.15) is 5.75 Å². The average Bonchev–Trinajstić information content (AvgIpc) is 2.81. The number of methoxy groups -OCH3 is 1. The Hall–Kier alpha value is -3.43. The third kappa shape index (κ3) is 4.62. The fourth-order valence-corrected chi connectivity index (χ4v) is 4.77. The number of carboxylic acid groups (broad SMARTS) is 1. The fraction of sp³-hybridized carbons (Fsp3) is 0.400. The van der Waals surface area contributed by atoms with Gasteiger partial charge in [-0.2, -0.15) is 0 Å². The quantitative estimate of drug-likeness (QED) is 0.542. The number of rotatable bonds is 7. The van der Waals surface area contributed by atoms with Gasteiger partial charge in [-0.05, 0) is 56.0 Å². The summed E-state index contributed by atoms with van der Waals surface area (Å²) in [4.78, 5) is 40.7. The van der Waals surface area contributed by atoms with Crippen LogP contribution in [0.3, 0.4) is 0 Å². The molecule has 0 aliphatic carbocycles. The first-order chi connectivity index (χ1) is 16.3. The van der Waals surface area contributed by atoms with Gasteiger partial charge in [0.05, 0.1) is 29.7 Å². The van der Waals surface area contributed by atoms with Crippen LogP contribution in [0.25, 0.3) is 10.9 Å². The van der Waals surface area contributed by atoms with E-state index in [2.05, 4.69) is 9.88 Å². The molecule has 0 bridgehead atoms. The number of aromatic carboxylic acids is 1. The second-order valence-corrected chi connectivity index (χ2v) is 8.44. The smallest absolute Gasteiger partial charge is 0.419 e. The highest BCUT2D eigenvalue weighted by Crippen LogP contribution is 2.37. The zero-order chi connectivity index (χ0) is 24.4. The number of hydrogen-bond donors (Lipinski definition) is 2. The van der Waals surface area contributed by atoms with Crippen LogP contribution in [0.4, 0.5) is 0 Å². The summed E-state index contributed by atoms with van der Waals surface area (Å²) in [6, 6.07) is 8.58. The minimum absolute atomic E-state index is 0.0657. The van der Waals surface area contributed by atoms with E-state index < -0.39 is 17.4 Å². The largest absolute Gasteiger partial charge is 0.496 e. The summed E-state index contributed by atoms with van der Waals surface area (Å²) in [5.74, 6) is -1.24. The summed E-state index contributed by atoms with van der Waals surface area (Å²) < 4.78 is 16.4. The van der Waals surface area contributed by atoms with Gasteiger partial charge in [-0.3, -0.25) is 9.88 Å². The standard InChI is InChI=1S/C25H28N2O7/c1-4-33-17-9-10-27(19(12-17)15-5-7-16(8-6-15)23(28)29)13-18-20(32-3)11-14(2)22-21(18)24(30)34-25(31)26-22/h5-8,11,17,19H,4,9-10,12-13H2,1-3H3,(H,26,31)(H,28,29)/t17-,19-/m0/s1. The number of benzene rings is 2. The van der Waals surface area contributed by atoms with Crippen LogP contribution in [-0.4, -0.2) is 47.3 Å². The van der Waals surface area contributed by atoms with Gasteiger partial charge in [-0.1, -0.05) is 12.1 Å². The van der Waals surface area contributed by atoms with Crippen molar-refractivity contribution in [2.75, 3.05) is 20.3 Å². The van der Waals surface area contributed by atoms with E-state index in [1.165, 1.54) is 0 Å². The molecule has 1 fully saturated rings. The lowest BCUT2D eigenvalue weighted by molar-refractivity contribution is -0.0138. The van der Waals surface area contributed by atoms with Crippen LogP contribution in [0, 0.1) is 6.92 Å². The second-order valence-electron chi connectivity index (χ2n) is 8.44. The first-order valence-electron chi connectivity index (χ1n) is 11.2. The maximum absolute atomic E-state index is 12.7. The Morgan fingerprint density at radius 3 is 2.65 bits per heavy atom. The third-order valence-corrected chi connectivity index (χ3v) is 6.40. The number of nitrogens with one attached hydrogen (secondary N) is 1. The molecular formula is C25H28N2O7. The van der Waals surface area contributed by atoms with E-state index in [1.807, 2.05) is 19.1 Å². The summed E-state index contributed by atoms with van der Waals surface area (Å²) >= 11 is 0. The van der Waals surface area contributed by atoms with E-state index >= 15 is 0 Å². The number of ether oxygens (including phenoxy) is 2. The highest BCUT2D eigenvalue weighted by molar-refractivity contribution is 5.87. The van der Waals surface area contributed by atoms with Gasteiger partial charge in [0.25, 0.3) is 0 Å². The number of H-pyrrole nitrogens is 1. The second kappa shape index (κ2) is 9.82. The molecular weight excluding hydrogens is 440 g/mol. The lowest BCUT2D eigenvalue weighted by atomic mass is 9.91. The molecule has 4 rings (SSSR count). The molecule has 34 heavy (non-hydrogen) atoms. The SMILES string of the molecule is CCO[C@H]1CCN(Cc2c(OC)cc(C)c3[nH]c(=O)oc(=O)c23)[C@H](c2ccc(C(=O)O)cc2)C1. The van der Waals surface area contributed by atoms with Crippen molar-refractivity contribution < 1.29 is 23.8 Å². The number of hydrogen-bond acceptors (Lipinski definition) is 7. The molecule has 9 nitrogen and oxygen atoms in total. The molecule has 2 N–H and O–H groups in total. The zero-order valence-corrected chi connectivity index (χ0v) is 19.4. The summed E-state index contributed by atoms with van der Waals surface area (Å²) in [6.45, 7) is 5.45. The monoisotopic (exact) mass is 468 g/mol. The zero-order valence-electron chi connectivity index (χ0n) is 19.4. The van der Waals surface area contributed by atoms with Crippen molar-refractivity contribution in [2.24, 2.45) is 0 Å². The van der Waals surface area contributed by atoms with Crippen molar-refractivity contribution in [3.8, 4) is 5.75 Å². The van der Waals surface area contributed by atoms with Crippen LogP contribution in [0.1, 0.15) is 52.9 Å². The molecule has 0 amide bonds. The number of piperidine rings is 1. The van der Waals surface area contributed by atoms with Gasteiger partial charge in [0, 0.05) is 31.3 Å². The normalized spacial score (nSPS) is 18.8. The predicted molar refractivity (Wildman–Crippen MR) is 126 cm³/mol. The van der Waals surface area contributed by atoms with Crippen LogP contribution < -0.4 is 16.1 Å². The fourth-order valence-electron chi connectivity index (χ4n) is 4.77. The Morgan fingerprint density at radius 1 is 1.26 bits per heavy atom. The lowest BCUT2D eigenvalue weighted by Crippen LogP contribution is -2.39. The van der Waals surface area contributed by atoms with Crippen LogP contribution in [0.5, 0.6) is 5.75 Å². The van der Waals surface area contributed by atoms with Gasteiger partial charge in [0.15, 0.2) is 0 Å². The van der Waals surface area contributed by atoms with Crippen LogP contribution >= 0.6 is 0 Å². The minimum Gasteiger partial charge on any atom is -0.496 e. The average molecular weight is 469 g/mol. The topological polar surface area (TPSA) is 122 Å². The summed E-state index contributed by atoms with van der Waals surface area (Å²) in [7, 11) is 1.54. The van der Waals surface area contributed by atoms with Crippen LogP contribution in [0.15, 0.2) is 44.3 Å². The molecule has 1 aliphatic heterocycles. The molecule has 2 aromatic carbocycles. The maximum Gasteiger partial charge on any atom is 0.419 e. The van der Waals surface area contributed by atoms with Crippen LogP contribution in [-0.2, 0) is 11.3 Å². The summed E-state index contributed by atoms with van der Waals surface area (Å²) in [5, 5.41) is 9.56. The number of aromatic amines is 1. The molecule has 1 aliphatic rings. The van der Waals surface area contributed by atoms with Gasteiger partial charge in [-0.25, -0.2) is 14.4 Å². The number of nitrogens with zero attached hydrogens (tertiary/aromatic N) is 1. The molecule has 9 heteroatoms. The van der Waals surface area contributed by atoms with E-state index in [0.29, 0.717) is 47.5 Å². The van der Waals surface area contributed by atoms with E-state index in [9.17, 15) is 19.5 Å². The van der Waals surface area contributed by atoms with Crippen LogP contribution in [0.2, 0.25) is 0 Å². The third-order valence-electron chi connectivity index (χ3n) is 6.40. The van der Waals surface area contributed by atoms with Crippen molar-refractivity contribution in [3.05, 3.63) is 73.6 Å². The number of carboxylic acids is 1. The van der Waals surface area contributed by atoms with Crippen molar-refractivity contribution in [1.82, 2.24) is 9.88 Å². The Labute approximate surface area is 195 Å². The molecule has 0 radical (unpaired) electrons. The lowest BCUT2D eigenvalue weighted by Gasteiger charge is -2.40. The Kier molecular flexibility index (Phi) is 6.85. The Bertz CT molecular complexity index is 1310. The van der Waals surface area contributed by atoms with Crippen molar-refractivity contribution in [3.63, 3.8) is 0 Å². The Balaban J connectivity index is 1.78.